The quantitative estimate of drug-likeness (QED) is 0.520. The van der Waals surface area contributed by atoms with Gasteiger partial charge in [-0.2, -0.15) is 0 Å². The van der Waals surface area contributed by atoms with Crippen molar-refractivity contribution in [1.29, 1.82) is 0 Å². The first-order valence-electron chi connectivity index (χ1n) is 8.86. The van der Waals surface area contributed by atoms with Gasteiger partial charge in [-0.05, 0) is 54.9 Å². The molecule has 1 fully saturated rings. The normalized spacial score (nSPS) is 17.0. The van der Waals surface area contributed by atoms with Crippen molar-refractivity contribution < 1.29 is 27.8 Å². The Hall–Kier alpha value is -2.71. The van der Waals surface area contributed by atoms with E-state index in [1.165, 1.54) is 24.3 Å². The summed E-state index contributed by atoms with van der Waals surface area (Å²) in [5.74, 6) is -0.170. The van der Waals surface area contributed by atoms with Crippen LogP contribution in [-0.4, -0.2) is 37.1 Å². The molecule has 1 N–H and O–H groups in total. The molecule has 0 radical (unpaired) electrons. The van der Waals surface area contributed by atoms with E-state index < -0.39 is 11.6 Å². The summed E-state index contributed by atoms with van der Waals surface area (Å²) >= 11 is 4.72. The van der Waals surface area contributed by atoms with Crippen molar-refractivity contribution >= 4 is 29.1 Å². The Kier molecular flexibility index (Phi) is 6.34. The topological polar surface area (TPSA) is 67.9 Å². The molecule has 6 nitrogen and oxygen atoms in total. The molecule has 2 aromatic rings. The van der Waals surface area contributed by atoms with Crippen molar-refractivity contribution in [2.75, 3.05) is 18.6 Å². The molecule has 0 aliphatic carbocycles. The molecule has 29 heavy (non-hydrogen) atoms. The second kappa shape index (κ2) is 8.75. The van der Waals surface area contributed by atoms with Crippen LogP contribution in [0, 0.1) is 0 Å². The summed E-state index contributed by atoms with van der Waals surface area (Å²) < 4.78 is 34.7. The van der Waals surface area contributed by atoms with Crippen LogP contribution in [0.2, 0.25) is 0 Å². The average Bonchev–Trinajstić information content (AvgIpc) is 2.95. The van der Waals surface area contributed by atoms with Gasteiger partial charge in [-0.15, -0.1) is 8.78 Å². The van der Waals surface area contributed by atoms with Gasteiger partial charge in [0, 0.05) is 11.6 Å². The van der Waals surface area contributed by atoms with Crippen LogP contribution in [0.4, 0.5) is 14.5 Å². The standard InChI is InChI=1S/C20H19ClF2N2O4/c1-28-15-6-2-13(3-7-15)10-11-24-17-12-18(26)25(19(17)27)14-4-8-16(9-5-14)29-20(21,22)23/h2-9,17,24H,10-12H2,1H3/t17-/m1/s1. The van der Waals surface area contributed by atoms with Crippen LogP contribution in [0.1, 0.15) is 12.0 Å². The lowest BCUT2D eigenvalue weighted by atomic mass is 10.1. The highest BCUT2D eigenvalue weighted by atomic mass is 35.5. The third-order valence-corrected chi connectivity index (χ3v) is 4.52. The number of nitrogens with one attached hydrogen (secondary N) is 1. The summed E-state index contributed by atoms with van der Waals surface area (Å²) in [6, 6.07) is 12.1. The number of halogens is 3. The van der Waals surface area contributed by atoms with Crippen molar-refractivity contribution in [3.63, 3.8) is 0 Å². The van der Waals surface area contributed by atoms with E-state index in [0.29, 0.717) is 13.0 Å². The minimum atomic E-state index is -3.83. The number of amides is 2. The number of alkyl halides is 3. The summed E-state index contributed by atoms with van der Waals surface area (Å²) in [7, 11) is 1.60. The molecular formula is C20H19ClF2N2O4. The van der Waals surface area contributed by atoms with E-state index in [0.717, 1.165) is 16.2 Å². The number of benzene rings is 2. The van der Waals surface area contributed by atoms with Crippen molar-refractivity contribution in [3.8, 4) is 11.5 Å². The Morgan fingerprint density at radius 2 is 1.72 bits per heavy atom. The van der Waals surface area contributed by atoms with Crippen LogP contribution in [0.3, 0.4) is 0 Å². The minimum absolute atomic E-state index is 0.0272. The summed E-state index contributed by atoms with van der Waals surface area (Å²) in [5.41, 5.74) is -2.48. The fourth-order valence-electron chi connectivity index (χ4n) is 3.04. The number of carbonyl (C=O) groups excluding carboxylic acids is 2. The SMILES string of the molecule is COc1ccc(CCN[C@@H]2CC(=O)N(c3ccc(OC(F)(F)Cl)cc3)C2=O)cc1. The van der Waals surface area contributed by atoms with Gasteiger partial charge in [0.25, 0.3) is 5.91 Å². The van der Waals surface area contributed by atoms with E-state index in [9.17, 15) is 18.4 Å². The number of carbonyl (C=O) groups is 2. The molecule has 0 aromatic heterocycles. The largest absolute Gasteiger partial charge is 0.497 e. The summed E-state index contributed by atoms with van der Waals surface area (Å²) in [6.07, 6.45) is 0.708. The lowest BCUT2D eigenvalue weighted by molar-refractivity contribution is -0.121. The first-order chi connectivity index (χ1) is 13.8. The lowest BCUT2D eigenvalue weighted by Crippen LogP contribution is -2.39. The first kappa shape index (κ1) is 21.0. The Balaban J connectivity index is 1.57. The fourth-order valence-corrected chi connectivity index (χ4v) is 3.13. The van der Waals surface area contributed by atoms with Crippen LogP contribution >= 0.6 is 11.6 Å². The molecule has 1 saturated heterocycles. The number of methoxy groups -OCH3 is 1. The van der Waals surface area contributed by atoms with Gasteiger partial charge in [-0.1, -0.05) is 12.1 Å². The molecule has 1 aliphatic heterocycles. The van der Waals surface area contributed by atoms with Crippen molar-refractivity contribution in [2.24, 2.45) is 0 Å². The predicted octanol–water partition coefficient (Wildman–Crippen LogP) is 3.33. The second-order valence-corrected chi connectivity index (χ2v) is 6.86. The number of rotatable bonds is 8. The maximum atomic E-state index is 12.7. The number of nitrogens with zero attached hydrogens (tertiary/aromatic N) is 1. The zero-order valence-electron chi connectivity index (χ0n) is 15.5. The molecule has 2 amide bonds. The van der Waals surface area contributed by atoms with E-state index in [1.807, 2.05) is 24.3 Å². The van der Waals surface area contributed by atoms with Crippen LogP contribution in [0.15, 0.2) is 48.5 Å². The molecule has 1 aliphatic rings. The van der Waals surface area contributed by atoms with Crippen LogP contribution in [0.5, 0.6) is 11.5 Å². The lowest BCUT2D eigenvalue weighted by Gasteiger charge is -2.17. The van der Waals surface area contributed by atoms with Gasteiger partial charge in [0.15, 0.2) is 0 Å². The zero-order valence-corrected chi connectivity index (χ0v) is 16.3. The molecule has 3 rings (SSSR count). The Bertz CT molecular complexity index is 870. The molecule has 0 bridgehead atoms. The van der Waals surface area contributed by atoms with Crippen LogP contribution in [-0.2, 0) is 16.0 Å². The van der Waals surface area contributed by atoms with Gasteiger partial charge in [0.2, 0.25) is 5.91 Å². The molecular weight excluding hydrogens is 406 g/mol. The summed E-state index contributed by atoms with van der Waals surface area (Å²) in [6.45, 7) is 0.515. The average molecular weight is 425 g/mol. The highest BCUT2D eigenvalue weighted by Gasteiger charge is 2.39. The van der Waals surface area contributed by atoms with Crippen molar-refractivity contribution in [1.82, 2.24) is 5.32 Å². The Morgan fingerprint density at radius 3 is 2.31 bits per heavy atom. The Labute approximate surface area is 171 Å². The number of anilines is 1. The monoisotopic (exact) mass is 424 g/mol. The summed E-state index contributed by atoms with van der Waals surface area (Å²) in [5, 5.41) is 3.10. The van der Waals surface area contributed by atoms with Gasteiger partial charge < -0.3 is 14.8 Å². The maximum absolute atomic E-state index is 12.7. The maximum Gasteiger partial charge on any atom is 0.487 e. The van der Waals surface area contributed by atoms with Gasteiger partial charge >= 0.3 is 5.57 Å². The number of hydrogen-bond acceptors (Lipinski definition) is 5. The molecule has 0 saturated carbocycles. The molecule has 2 aromatic carbocycles. The van der Waals surface area contributed by atoms with Gasteiger partial charge in [-0.25, -0.2) is 4.90 Å². The van der Waals surface area contributed by atoms with E-state index in [2.05, 4.69) is 10.1 Å². The van der Waals surface area contributed by atoms with Gasteiger partial charge in [0.05, 0.1) is 25.3 Å². The third kappa shape index (κ3) is 5.42. The molecule has 9 heteroatoms. The fraction of sp³-hybridized carbons (Fsp3) is 0.300. The van der Waals surface area contributed by atoms with Crippen LogP contribution in [0.25, 0.3) is 0 Å². The van der Waals surface area contributed by atoms with Gasteiger partial charge in [-0.3, -0.25) is 9.59 Å². The highest BCUT2D eigenvalue weighted by Crippen LogP contribution is 2.29. The first-order valence-corrected chi connectivity index (χ1v) is 9.23. The molecule has 0 spiro atoms. The van der Waals surface area contributed by atoms with E-state index in [4.69, 9.17) is 16.3 Å². The summed E-state index contributed by atoms with van der Waals surface area (Å²) in [4.78, 5) is 25.9. The van der Waals surface area contributed by atoms with E-state index in [1.54, 1.807) is 7.11 Å². The minimum Gasteiger partial charge on any atom is -0.497 e. The number of ether oxygens (including phenoxy) is 2. The Morgan fingerprint density at radius 1 is 1.10 bits per heavy atom. The van der Waals surface area contributed by atoms with Crippen LogP contribution < -0.4 is 19.7 Å². The van der Waals surface area contributed by atoms with Crippen molar-refractivity contribution in [2.45, 2.75) is 24.5 Å². The smallest absolute Gasteiger partial charge is 0.487 e. The number of imide groups is 1. The molecule has 154 valence electrons. The molecule has 1 heterocycles. The predicted molar refractivity (Wildman–Crippen MR) is 103 cm³/mol. The van der Waals surface area contributed by atoms with E-state index in [-0.39, 0.29) is 29.7 Å². The zero-order chi connectivity index (χ0) is 21.0. The highest BCUT2D eigenvalue weighted by molar-refractivity contribution is 6.22. The molecule has 0 unspecified atom stereocenters. The van der Waals surface area contributed by atoms with Gasteiger partial charge in [0.1, 0.15) is 11.5 Å². The van der Waals surface area contributed by atoms with E-state index >= 15 is 0 Å². The second-order valence-electron chi connectivity index (χ2n) is 6.42. The van der Waals surface area contributed by atoms with Crippen molar-refractivity contribution in [3.05, 3.63) is 54.1 Å². The third-order valence-electron chi connectivity index (χ3n) is 4.44. The molecule has 1 atom stereocenters. The number of hydrogen-bond donors (Lipinski definition) is 1.